The minimum Gasteiger partial charge on any atom is -0.253 e. The van der Waals surface area contributed by atoms with Gasteiger partial charge in [-0.1, -0.05) is 13.8 Å². The van der Waals surface area contributed by atoms with Gasteiger partial charge in [0.2, 0.25) is 0 Å². The van der Waals surface area contributed by atoms with Crippen LogP contribution in [0.3, 0.4) is 0 Å². The predicted molar refractivity (Wildman–Crippen MR) is 77.3 cm³/mol. The van der Waals surface area contributed by atoms with Gasteiger partial charge >= 0.3 is 0 Å². The number of aromatic nitrogens is 6. The first-order valence-corrected chi connectivity index (χ1v) is 7.14. The normalized spacial score (nSPS) is 12.3. The van der Waals surface area contributed by atoms with Crippen molar-refractivity contribution in [1.29, 1.82) is 0 Å². The van der Waals surface area contributed by atoms with Gasteiger partial charge in [0.25, 0.3) is 0 Å². The Kier molecular flexibility index (Phi) is 4.20. The van der Waals surface area contributed by atoms with Crippen LogP contribution >= 0.6 is 0 Å². The molecule has 0 aliphatic carbocycles. The Morgan fingerprint density at radius 1 is 1.25 bits per heavy atom. The fourth-order valence-electron chi connectivity index (χ4n) is 2.11. The third kappa shape index (κ3) is 3.65. The van der Waals surface area contributed by atoms with Crippen LogP contribution < -0.4 is 0 Å². The summed E-state index contributed by atoms with van der Waals surface area (Å²) in [6.45, 7) is 11.6. The van der Waals surface area contributed by atoms with E-state index in [9.17, 15) is 0 Å². The molecule has 2 aromatic rings. The maximum absolute atomic E-state index is 4.71. The fourth-order valence-corrected chi connectivity index (χ4v) is 2.11. The SMILES string of the molecule is CC(C)Cc1nc(CCn2cncn2)n(C(C)(C)C)n1. The van der Waals surface area contributed by atoms with Crippen molar-refractivity contribution in [3.63, 3.8) is 0 Å². The van der Waals surface area contributed by atoms with Crippen LogP contribution in [0.4, 0.5) is 0 Å². The molecule has 2 heterocycles. The smallest absolute Gasteiger partial charge is 0.151 e. The number of hydrogen-bond acceptors (Lipinski definition) is 4. The molecule has 110 valence electrons. The number of hydrogen-bond donors (Lipinski definition) is 0. The van der Waals surface area contributed by atoms with Gasteiger partial charge in [-0.2, -0.15) is 10.2 Å². The van der Waals surface area contributed by atoms with Crippen molar-refractivity contribution >= 4 is 0 Å². The molecular weight excluding hydrogens is 252 g/mol. The highest BCUT2D eigenvalue weighted by Crippen LogP contribution is 2.17. The van der Waals surface area contributed by atoms with Crippen LogP contribution in [0.1, 0.15) is 46.3 Å². The quantitative estimate of drug-likeness (QED) is 0.838. The lowest BCUT2D eigenvalue weighted by Crippen LogP contribution is -2.26. The third-order valence-electron chi connectivity index (χ3n) is 2.98. The van der Waals surface area contributed by atoms with Gasteiger partial charge in [0.15, 0.2) is 5.82 Å². The lowest BCUT2D eigenvalue weighted by molar-refractivity contribution is 0.336. The Balaban J connectivity index is 2.18. The summed E-state index contributed by atoms with van der Waals surface area (Å²) in [7, 11) is 0. The van der Waals surface area contributed by atoms with Crippen LogP contribution in [0, 0.1) is 5.92 Å². The van der Waals surface area contributed by atoms with Gasteiger partial charge < -0.3 is 0 Å². The molecule has 0 unspecified atom stereocenters. The van der Waals surface area contributed by atoms with Gasteiger partial charge in [-0.3, -0.25) is 4.68 Å². The van der Waals surface area contributed by atoms with Gasteiger partial charge in [-0.25, -0.2) is 14.6 Å². The summed E-state index contributed by atoms with van der Waals surface area (Å²) in [5.41, 5.74) is -0.0556. The van der Waals surface area contributed by atoms with Crippen molar-refractivity contribution in [3.05, 3.63) is 24.3 Å². The van der Waals surface area contributed by atoms with Crippen molar-refractivity contribution in [2.24, 2.45) is 5.92 Å². The zero-order valence-electron chi connectivity index (χ0n) is 13.0. The Morgan fingerprint density at radius 2 is 2.00 bits per heavy atom. The highest BCUT2D eigenvalue weighted by atomic mass is 15.4. The minimum atomic E-state index is -0.0556. The van der Waals surface area contributed by atoms with Crippen molar-refractivity contribution in [2.45, 2.75) is 59.5 Å². The zero-order valence-corrected chi connectivity index (χ0v) is 13.0. The van der Waals surface area contributed by atoms with Gasteiger partial charge in [-0.15, -0.1) is 0 Å². The molecule has 2 rings (SSSR count). The van der Waals surface area contributed by atoms with Gasteiger partial charge in [0.1, 0.15) is 18.5 Å². The molecule has 0 radical (unpaired) electrons. The van der Waals surface area contributed by atoms with E-state index in [1.165, 1.54) is 0 Å². The predicted octanol–water partition coefficient (Wildman–Crippen LogP) is 2.07. The first kappa shape index (κ1) is 14.7. The first-order valence-electron chi connectivity index (χ1n) is 7.14. The average Bonchev–Trinajstić information content (AvgIpc) is 2.93. The maximum Gasteiger partial charge on any atom is 0.151 e. The second-order valence-electron chi connectivity index (χ2n) is 6.53. The topological polar surface area (TPSA) is 61.4 Å². The van der Waals surface area contributed by atoms with Crippen LogP contribution in [-0.2, 0) is 24.9 Å². The standard InChI is InChI=1S/C14H24N6/c1-11(2)8-12-17-13(20(18-12)14(3,4)5)6-7-19-10-15-9-16-19/h9-11H,6-8H2,1-5H3. The fraction of sp³-hybridized carbons (Fsp3) is 0.714. The average molecular weight is 276 g/mol. The molecule has 0 bridgehead atoms. The molecular formula is C14H24N6. The molecule has 0 saturated heterocycles. The monoisotopic (exact) mass is 276 g/mol. The molecule has 0 atom stereocenters. The Morgan fingerprint density at radius 3 is 2.55 bits per heavy atom. The van der Waals surface area contributed by atoms with E-state index >= 15 is 0 Å². The molecule has 0 amide bonds. The van der Waals surface area contributed by atoms with E-state index in [2.05, 4.69) is 49.8 Å². The van der Waals surface area contributed by atoms with E-state index < -0.39 is 0 Å². The molecule has 6 nitrogen and oxygen atoms in total. The molecule has 0 saturated carbocycles. The van der Waals surface area contributed by atoms with E-state index in [1.807, 2.05) is 9.36 Å². The van der Waals surface area contributed by atoms with Crippen LogP contribution in [0.2, 0.25) is 0 Å². The lowest BCUT2D eigenvalue weighted by Gasteiger charge is -2.21. The molecule has 0 aliphatic rings. The molecule has 0 spiro atoms. The minimum absolute atomic E-state index is 0.0556. The second-order valence-corrected chi connectivity index (χ2v) is 6.53. The van der Waals surface area contributed by atoms with Crippen LogP contribution in [0.25, 0.3) is 0 Å². The summed E-state index contributed by atoms with van der Waals surface area (Å²) in [5.74, 6) is 2.51. The Labute approximate surface area is 120 Å². The molecule has 6 heteroatoms. The van der Waals surface area contributed by atoms with E-state index in [0.717, 1.165) is 31.0 Å². The third-order valence-corrected chi connectivity index (χ3v) is 2.98. The zero-order chi connectivity index (χ0) is 14.8. The molecule has 0 aromatic carbocycles. The first-order chi connectivity index (χ1) is 9.36. The molecule has 0 N–H and O–H groups in total. The van der Waals surface area contributed by atoms with Crippen molar-refractivity contribution < 1.29 is 0 Å². The summed E-state index contributed by atoms with van der Waals surface area (Å²) < 4.78 is 3.87. The van der Waals surface area contributed by atoms with Crippen molar-refractivity contribution in [2.75, 3.05) is 0 Å². The van der Waals surface area contributed by atoms with Crippen LogP contribution in [-0.4, -0.2) is 29.5 Å². The summed E-state index contributed by atoms with van der Waals surface area (Å²) >= 11 is 0. The largest absolute Gasteiger partial charge is 0.253 e. The van der Waals surface area contributed by atoms with Crippen molar-refractivity contribution in [1.82, 2.24) is 29.5 Å². The Bertz CT molecular complexity index is 533. The van der Waals surface area contributed by atoms with Crippen LogP contribution in [0.5, 0.6) is 0 Å². The molecule has 20 heavy (non-hydrogen) atoms. The highest BCUT2D eigenvalue weighted by molar-refractivity contribution is 4.98. The van der Waals surface area contributed by atoms with Crippen molar-refractivity contribution in [3.8, 4) is 0 Å². The molecule has 0 fully saturated rings. The summed E-state index contributed by atoms with van der Waals surface area (Å²) in [6, 6.07) is 0. The summed E-state index contributed by atoms with van der Waals surface area (Å²) in [4.78, 5) is 8.67. The van der Waals surface area contributed by atoms with Gasteiger partial charge in [0.05, 0.1) is 5.54 Å². The highest BCUT2D eigenvalue weighted by Gasteiger charge is 2.21. The molecule has 2 aromatic heterocycles. The second kappa shape index (κ2) is 5.73. The number of rotatable bonds is 5. The van der Waals surface area contributed by atoms with Gasteiger partial charge in [0, 0.05) is 19.4 Å². The Hall–Kier alpha value is -1.72. The number of nitrogens with zero attached hydrogens (tertiary/aromatic N) is 6. The van der Waals surface area contributed by atoms with E-state index in [0.29, 0.717) is 5.92 Å². The molecule has 0 aliphatic heterocycles. The van der Waals surface area contributed by atoms with Crippen LogP contribution in [0.15, 0.2) is 12.7 Å². The maximum atomic E-state index is 4.71. The van der Waals surface area contributed by atoms with E-state index in [-0.39, 0.29) is 5.54 Å². The van der Waals surface area contributed by atoms with E-state index in [4.69, 9.17) is 4.98 Å². The summed E-state index contributed by atoms with van der Waals surface area (Å²) in [5, 5.41) is 8.81. The summed E-state index contributed by atoms with van der Waals surface area (Å²) in [6.07, 6.45) is 5.01. The van der Waals surface area contributed by atoms with E-state index in [1.54, 1.807) is 12.7 Å². The van der Waals surface area contributed by atoms with Gasteiger partial charge in [-0.05, 0) is 26.7 Å². The number of aryl methyl sites for hydroxylation is 2. The lowest BCUT2D eigenvalue weighted by atomic mass is 10.1.